The first-order chi connectivity index (χ1) is 21.4. The van der Waals surface area contributed by atoms with E-state index < -0.39 is 23.5 Å². The van der Waals surface area contributed by atoms with Gasteiger partial charge in [-0.05, 0) is 66.9 Å². The number of amides is 1. The molecule has 0 saturated carbocycles. The lowest BCUT2D eigenvalue weighted by Gasteiger charge is -2.24. The minimum atomic E-state index is -1.01. The van der Waals surface area contributed by atoms with Crippen LogP contribution in [-0.2, 0) is 10.5 Å². The molecule has 44 heavy (non-hydrogen) atoms. The average Bonchev–Trinajstić information content (AvgIpc) is 3.75. The lowest BCUT2D eigenvalue weighted by Crippen LogP contribution is -2.31. The summed E-state index contributed by atoms with van der Waals surface area (Å²) in [7, 11) is 0. The number of aromatic nitrogens is 2. The van der Waals surface area contributed by atoms with Crippen LogP contribution in [0.15, 0.2) is 92.9 Å². The Bertz CT molecular complexity index is 1890. The van der Waals surface area contributed by atoms with Gasteiger partial charge in [-0.2, -0.15) is 0 Å². The van der Waals surface area contributed by atoms with Crippen molar-refractivity contribution in [2.45, 2.75) is 36.9 Å². The minimum absolute atomic E-state index is 0.0169. The van der Waals surface area contributed by atoms with Gasteiger partial charge in [-0.1, -0.05) is 71.6 Å². The molecule has 11 heteroatoms. The fraction of sp³-hybridized carbons (Fsp3) is 0.212. The summed E-state index contributed by atoms with van der Waals surface area (Å²) in [6.45, 7) is 6.25. The highest BCUT2D eigenvalue weighted by atomic mass is 32.2. The van der Waals surface area contributed by atoms with Crippen LogP contribution < -0.4 is 14.4 Å². The predicted molar refractivity (Wildman–Crippen MR) is 170 cm³/mol. The minimum Gasteiger partial charge on any atom is -0.503 e. The largest absolute Gasteiger partial charge is 0.503 e. The van der Waals surface area contributed by atoms with E-state index in [0.717, 1.165) is 16.3 Å². The molecule has 1 atom stereocenters. The first kappa shape index (κ1) is 29.5. The molecule has 1 unspecified atom stereocenters. The van der Waals surface area contributed by atoms with E-state index in [-0.39, 0.29) is 16.5 Å². The molecule has 9 nitrogen and oxygen atoms in total. The predicted octanol–water partition coefficient (Wildman–Crippen LogP) is 7.47. The maximum atomic E-state index is 13.7. The number of hydrogen-bond donors (Lipinski definition) is 1. The van der Waals surface area contributed by atoms with Crippen LogP contribution >= 0.6 is 23.1 Å². The highest BCUT2D eigenvalue weighted by Crippen LogP contribution is 2.45. The highest BCUT2D eigenvalue weighted by Gasteiger charge is 2.47. The van der Waals surface area contributed by atoms with E-state index in [4.69, 9.17) is 13.9 Å². The Morgan fingerprint density at radius 3 is 2.55 bits per heavy atom. The molecular formula is C33H29N3O6S2. The molecule has 1 aliphatic heterocycles. The molecule has 1 N–H and O–H groups in total. The molecule has 0 saturated heterocycles. The maximum Gasteiger partial charge on any atom is 0.296 e. The van der Waals surface area contributed by atoms with Gasteiger partial charge in [0, 0.05) is 5.75 Å². The van der Waals surface area contributed by atoms with E-state index in [1.807, 2.05) is 32.0 Å². The van der Waals surface area contributed by atoms with E-state index in [9.17, 15) is 14.7 Å². The van der Waals surface area contributed by atoms with Crippen LogP contribution in [0, 0.1) is 6.92 Å². The summed E-state index contributed by atoms with van der Waals surface area (Å²) in [5, 5.41) is 22.4. The topological polar surface area (TPSA) is 115 Å². The molecule has 0 fully saturated rings. The summed E-state index contributed by atoms with van der Waals surface area (Å²) >= 11 is 2.72. The van der Waals surface area contributed by atoms with Crippen molar-refractivity contribution in [3.05, 3.63) is 107 Å². The smallest absolute Gasteiger partial charge is 0.296 e. The summed E-state index contributed by atoms with van der Waals surface area (Å²) in [5.74, 6) is 0.157. The number of anilines is 1. The normalized spacial score (nSPS) is 14.9. The number of thioether (sulfide) groups is 1. The fourth-order valence-corrected chi connectivity index (χ4v) is 7.06. The molecule has 0 radical (unpaired) electrons. The fourth-order valence-electron chi connectivity index (χ4n) is 5.19. The summed E-state index contributed by atoms with van der Waals surface area (Å²) in [6.07, 6.45) is 0. The summed E-state index contributed by atoms with van der Waals surface area (Å²) in [5.41, 5.74) is 1.57. The third kappa shape index (κ3) is 5.56. The van der Waals surface area contributed by atoms with Crippen molar-refractivity contribution in [3.63, 3.8) is 0 Å². The second-order valence-corrected chi connectivity index (χ2v) is 12.1. The Morgan fingerprint density at radius 2 is 1.77 bits per heavy atom. The number of furan rings is 1. The standard InChI is InChI=1S/C33H29N3O6S2/c1-4-40-24-16-14-21(17-26(24)41-5-2)28-27(29(37)25-15-13-19(3)42-25)30(38)31(39)36(28)32-34-35-33(44-32)43-18-22-11-8-10-20-9-6-7-12-23(20)22/h6-17,28,38H,4-5,18H2,1-3H3. The van der Waals surface area contributed by atoms with Crippen LogP contribution in [0.25, 0.3) is 10.8 Å². The number of benzene rings is 3. The van der Waals surface area contributed by atoms with Gasteiger partial charge in [0.1, 0.15) is 5.76 Å². The van der Waals surface area contributed by atoms with E-state index in [2.05, 4.69) is 34.5 Å². The van der Waals surface area contributed by atoms with Crippen molar-refractivity contribution in [2.24, 2.45) is 0 Å². The van der Waals surface area contributed by atoms with Gasteiger partial charge in [-0.3, -0.25) is 14.5 Å². The second kappa shape index (κ2) is 12.6. The van der Waals surface area contributed by atoms with Crippen LogP contribution in [-0.4, -0.2) is 40.2 Å². The van der Waals surface area contributed by atoms with Crippen LogP contribution in [0.5, 0.6) is 11.5 Å². The van der Waals surface area contributed by atoms with Crippen LogP contribution in [0.1, 0.15) is 47.3 Å². The molecule has 2 aromatic heterocycles. The number of aliphatic hydroxyl groups excluding tert-OH is 1. The van der Waals surface area contributed by atoms with Gasteiger partial charge in [-0.25, -0.2) is 0 Å². The monoisotopic (exact) mass is 627 g/mol. The Balaban J connectivity index is 1.37. The first-order valence-electron chi connectivity index (χ1n) is 14.1. The van der Waals surface area contributed by atoms with Crippen molar-refractivity contribution in [2.75, 3.05) is 18.1 Å². The third-order valence-corrected chi connectivity index (χ3v) is 9.24. The number of Topliss-reactive ketones (excluding diaryl/α,β-unsaturated/α-hetero) is 1. The number of ketones is 1. The van der Waals surface area contributed by atoms with Crippen LogP contribution in [0.4, 0.5) is 5.13 Å². The Morgan fingerprint density at radius 1 is 1.00 bits per heavy atom. The van der Waals surface area contributed by atoms with Gasteiger partial charge in [0.2, 0.25) is 10.9 Å². The quantitative estimate of drug-likeness (QED) is 0.0905. The van der Waals surface area contributed by atoms with Crippen molar-refractivity contribution in [3.8, 4) is 11.5 Å². The van der Waals surface area contributed by atoms with Gasteiger partial charge in [0.25, 0.3) is 5.91 Å². The van der Waals surface area contributed by atoms with E-state index in [1.165, 1.54) is 34.1 Å². The number of rotatable bonds is 11. The lowest BCUT2D eigenvalue weighted by atomic mass is 9.95. The van der Waals surface area contributed by atoms with Crippen LogP contribution in [0.2, 0.25) is 0 Å². The van der Waals surface area contributed by atoms with Gasteiger partial charge in [0.05, 0.1) is 24.8 Å². The summed E-state index contributed by atoms with van der Waals surface area (Å²) in [6, 6.07) is 21.7. The Kier molecular flexibility index (Phi) is 8.40. The van der Waals surface area contributed by atoms with Gasteiger partial charge in [-0.15, -0.1) is 10.2 Å². The Hall–Kier alpha value is -4.61. The molecule has 5 aromatic rings. The van der Waals surface area contributed by atoms with Gasteiger partial charge < -0.3 is 19.0 Å². The number of carbonyl (C=O) groups is 2. The number of hydrogen-bond acceptors (Lipinski definition) is 10. The zero-order valence-corrected chi connectivity index (χ0v) is 25.9. The van der Waals surface area contributed by atoms with E-state index in [0.29, 0.717) is 46.1 Å². The van der Waals surface area contributed by atoms with Gasteiger partial charge >= 0.3 is 0 Å². The number of fused-ring (bicyclic) bond motifs is 1. The molecule has 3 aromatic carbocycles. The second-order valence-electron chi connectivity index (χ2n) is 9.93. The van der Waals surface area contributed by atoms with E-state index >= 15 is 0 Å². The number of nitrogens with zero attached hydrogens (tertiary/aromatic N) is 3. The SMILES string of the molecule is CCOc1ccc(C2C(C(=O)c3ccc(C)o3)=C(O)C(=O)N2c2nnc(SCc3cccc4ccccc34)s2)cc1OCC. The summed E-state index contributed by atoms with van der Waals surface area (Å²) in [4.78, 5) is 28.7. The summed E-state index contributed by atoms with van der Waals surface area (Å²) < 4.78 is 17.8. The van der Waals surface area contributed by atoms with Crippen molar-refractivity contribution in [1.82, 2.24) is 10.2 Å². The molecule has 1 amide bonds. The average molecular weight is 628 g/mol. The molecular weight excluding hydrogens is 599 g/mol. The molecule has 224 valence electrons. The van der Waals surface area contributed by atoms with Crippen molar-refractivity contribution >= 4 is 50.7 Å². The number of aryl methyl sites for hydroxylation is 1. The zero-order valence-electron chi connectivity index (χ0n) is 24.3. The Labute approximate surface area is 262 Å². The van der Waals surface area contributed by atoms with Crippen molar-refractivity contribution < 1.29 is 28.6 Å². The third-order valence-electron chi connectivity index (χ3n) is 7.13. The molecule has 6 rings (SSSR count). The molecule has 0 spiro atoms. The van der Waals surface area contributed by atoms with Crippen LogP contribution in [0.3, 0.4) is 0 Å². The van der Waals surface area contributed by atoms with Crippen molar-refractivity contribution in [1.29, 1.82) is 0 Å². The maximum absolute atomic E-state index is 13.7. The zero-order chi connectivity index (χ0) is 30.8. The lowest BCUT2D eigenvalue weighted by molar-refractivity contribution is -0.117. The molecule has 1 aliphatic rings. The van der Waals surface area contributed by atoms with E-state index in [1.54, 1.807) is 31.2 Å². The molecule has 3 heterocycles. The van der Waals surface area contributed by atoms with Gasteiger partial charge in [0.15, 0.2) is 27.4 Å². The number of carbonyl (C=O) groups excluding carboxylic acids is 2. The highest BCUT2D eigenvalue weighted by molar-refractivity contribution is 8.00. The molecule has 0 bridgehead atoms. The molecule has 0 aliphatic carbocycles. The number of ether oxygens (including phenoxy) is 2. The number of aliphatic hydroxyl groups is 1. The first-order valence-corrected chi connectivity index (χ1v) is 15.9.